The Labute approximate surface area is 163 Å². The Morgan fingerprint density at radius 1 is 1.14 bits per heavy atom. The molecular formula is C20H23FN6O. The number of guanidine groups is 1. The first-order chi connectivity index (χ1) is 13.7. The van der Waals surface area contributed by atoms with Crippen LogP contribution in [0.4, 0.5) is 4.39 Å². The molecule has 0 spiro atoms. The highest BCUT2D eigenvalue weighted by molar-refractivity contribution is 5.79. The van der Waals surface area contributed by atoms with Gasteiger partial charge >= 0.3 is 0 Å². The number of aromatic amines is 1. The molecule has 0 unspecified atom stereocenters. The van der Waals surface area contributed by atoms with Gasteiger partial charge in [-0.1, -0.05) is 18.2 Å². The summed E-state index contributed by atoms with van der Waals surface area (Å²) in [6.07, 6.45) is 0. The molecule has 0 amide bonds. The van der Waals surface area contributed by atoms with Crippen molar-refractivity contribution in [3.05, 3.63) is 65.7 Å². The summed E-state index contributed by atoms with van der Waals surface area (Å²) in [5.74, 6) is 2.37. The summed E-state index contributed by atoms with van der Waals surface area (Å²) in [4.78, 5) is 8.91. The average Bonchev–Trinajstić information content (AvgIpc) is 3.20. The number of nitrogens with one attached hydrogen (secondary N) is 3. The lowest BCUT2D eigenvalue weighted by Gasteiger charge is -2.10. The second kappa shape index (κ2) is 9.50. The molecule has 0 fully saturated rings. The minimum absolute atomic E-state index is 0.246. The molecule has 0 saturated carbocycles. The molecule has 2 aromatic carbocycles. The highest BCUT2D eigenvalue weighted by Gasteiger charge is 2.07. The summed E-state index contributed by atoms with van der Waals surface area (Å²) in [7, 11) is 1.63. The number of nitrogens with zero attached hydrogens (tertiary/aromatic N) is 3. The van der Waals surface area contributed by atoms with Gasteiger partial charge in [0.2, 0.25) is 0 Å². The van der Waals surface area contributed by atoms with Crippen LogP contribution in [-0.2, 0) is 13.1 Å². The van der Waals surface area contributed by atoms with Crippen LogP contribution in [0.5, 0.6) is 5.75 Å². The van der Waals surface area contributed by atoms with Crippen LogP contribution >= 0.6 is 0 Å². The third-order valence-corrected chi connectivity index (χ3v) is 4.01. The SMILES string of the molecule is CCNC(=NCc1ccccc1F)NCc1nc(-c2ccc(OC)cc2)n[nH]1. The minimum Gasteiger partial charge on any atom is -0.497 e. The van der Waals surface area contributed by atoms with E-state index >= 15 is 0 Å². The number of hydrogen-bond acceptors (Lipinski definition) is 4. The van der Waals surface area contributed by atoms with E-state index in [2.05, 4.69) is 30.8 Å². The first kappa shape index (κ1) is 19.3. The van der Waals surface area contributed by atoms with E-state index < -0.39 is 0 Å². The summed E-state index contributed by atoms with van der Waals surface area (Å²) >= 11 is 0. The maximum Gasteiger partial charge on any atom is 0.191 e. The van der Waals surface area contributed by atoms with Crippen LogP contribution in [0.1, 0.15) is 18.3 Å². The predicted octanol–water partition coefficient (Wildman–Crippen LogP) is 2.87. The van der Waals surface area contributed by atoms with E-state index in [1.165, 1.54) is 6.07 Å². The van der Waals surface area contributed by atoms with Crippen molar-refractivity contribution >= 4 is 5.96 Å². The molecule has 3 N–H and O–H groups in total. The van der Waals surface area contributed by atoms with E-state index in [1.807, 2.05) is 31.2 Å². The highest BCUT2D eigenvalue weighted by Crippen LogP contribution is 2.18. The van der Waals surface area contributed by atoms with Crippen LogP contribution in [0.3, 0.4) is 0 Å². The van der Waals surface area contributed by atoms with E-state index in [9.17, 15) is 4.39 Å². The van der Waals surface area contributed by atoms with Gasteiger partial charge in [-0.05, 0) is 37.3 Å². The lowest BCUT2D eigenvalue weighted by Crippen LogP contribution is -2.37. The van der Waals surface area contributed by atoms with Crippen LogP contribution in [0.2, 0.25) is 0 Å². The summed E-state index contributed by atoms with van der Waals surface area (Å²) in [6.45, 7) is 3.31. The number of aliphatic imine (C=N–C) groups is 1. The average molecular weight is 382 g/mol. The van der Waals surface area contributed by atoms with Crippen LogP contribution < -0.4 is 15.4 Å². The zero-order valence-electron chi connectivity index (χ0n) is 15.9. The number of benzene rings is 2. The molecule has 0 radical (unpaired) electrons. The minimum atomic E-state index is -0.263. The van der Waals surface area contributed by atoms with Crippen molar-refractivity contribution in [2.45, 2.75) is 20.0 Å². The van der Waals surface area contributed by atoms with Crippen molar-refractivity contribution in [2.24, 2.45) is 4.99 Å². The maximum atomic E-state index is 13.7. The van der Waals surface area contributed by atoms with Crippen LogP contribution in [0.25, 0.3) is 11.4 Å². The van der Waals surface area contributed by atoms with Gasteiger partial charge < -0.3 is 15.4 Å². The van der Waals surface area contributed by atoms with Gasteiger partial charge in [0, 0.05) is 17.7 Å². The van der Waals surface area contributed by atoms with Crippen LogP contribution in [-0.4, -0.2) is 34.8 Å². The van der Waals surface area contributed by atoms with E-state index in [0.717, 1.165) is 11.3 Å². The number of rotatable bonds is 7. The van der Waals surface area contributed by atoms with Gasteiger partial charge in [-0.2, -0.15) is 5.10 Å². The quantitative estimate of drug-likeness (QED) is 0.432. The molecule has 3 aromatic rings. The van der Waals surface area contributed by atoms with E-state index in [4.69, 9.17) is 4.74 Å². The topological polar surface area (TPSA) is 87.2 Å². The fraction of sp³-hybridized carbons (Fsp3) is 0.250. The van der Waals surface area contributed by atoms with Gasteiger partial charge in [0.15, 0.2) is 11.8 Å². The Morgan fingerprint density at radius 3 is 2.64 bits per heavy atom. The van der Waals surface area contributed by atoms with Crippen molar-refractivity contribution in [3.8, 4) is 17.1 Å². The van der Waals surface area contributed by atoms with E-state index in [-0.39, 0.29) is 12.4 Å². The van der Waals surface area contributed by atoms with E-state index in [1.54, 1.807) is 25.3 Å². The molecule has 28 heavy (non-hydrogen) atoms. The molecule has 1 aromatic heterocycles. The Kier molecular flexibility index (Phi) is 6.56. The number of halogens is 1. The van der Waals surface area contributed by atoms with Gasteiger partial charge in [0.25, 0.3) is 0 Å². The molecule has 0 bridgehead atoms. The standard InChI is InChI=1S/C20H23FN6O/c1-3-22-20(23-12-15-6-4-5-7-17(15)21)24-13-18-25-19(27-26-18)14-8-10-16(28-2)11-9-14/h4-11H,3,12-13H2,1-2H3,(H2,22,23,24)(H,25,26,27). The molecule has 1 heterocycles. The van der Waals surface area contributed by atoms with Crippen LogP contribution in [0.15, 0.2) is 53.5 Å². The Morgan fingerprint density at radius 2 is 1.93 bits per heavy atom. The molecule has 0 atom stereocenters. The van der Waals surface area contributed by atoms with Gasteiger partial charge in [0.1, 0.15) is 17.4 Å². The zero-order valence-corrected chi connectivity index (χ0v) is 15.9. The fourth-order valence-electron chi connectivity index (χ4n) is 2.54. The van der Waals surface area contributed by atoms with Crippen molar-refractivity contribution in [2.75, 3.05) is 13.7 Å². The third-order valence-electron chi connectivity index (χ3n) is 4.01. The summed E-state index contributed by atoms with van der Waals surface area (Å²) in [5, 5.41) is 13.5. The van der Waals surface area contributed by atoms with Crippen molar-refractivity contribution in [3.63, 3.8) is 0 Å². The maximum absolute atomic E-state index is 13.7. The molecule has 7 nitrogen and oxygen atoms in total. The number of aromatic nitrogens is 3. The number of H-pyrrole nitrogens is 1. The number of ether oxygens (including phenoxy) is 1. The molecule has 146 valence electrons. The normalized spacial score (nSPS) is 11.3. The fourth-order valence-corrected chi connectivity index (χ4v) is 2.54. The lowest BCUT2D eigenvalue weighted by molar-refractivity contribution is 0.415. The molecule has 0 aliphatic carbocycles. The van der Waals surface area contributed by atoms with Crippen molar-refractivity contribution in [1.82, 2.24) is 25.8 Å². The van der Waals surface area contributed by atoms with Gasteiger partial charge in [-0.25, -0.2) is 14.4 Å². The Bertz CT molecular complexity index is 922. The molecule has 0 saturated heterocycles. The zero-order chi connectivity index (χ0) is 19.8. The van der Waals surface area contributed by atoms with Gasteiger partial charge in [0.05, 0.1) is 20.2 Å². The second-order valence-corrected chi connectivity index (χ2v) is 5.97. The third kappa shape index (κ3) is 5.06. The number of methoxy groups -OCH3 is 1. The summed E-state index contributed by atoms with van der Waals surface area (Å²) in [6, 6.07) is 14.1. The van der Waals surface area contributed by atoms with Gasteiger partial charge in [-0.3, -0.25) is 5.10 Å². The largest absolute Gasteiger partial charge is 0.497 e. The molecular weight excluding hydrogens is 359 g/mol. The molecule has 0 aliphatic heterocycles. The summed E-state index contributed by atoms with van der Waals surface area (Å²) < 4.78 is 18.9. The van der Waals surface area contributed by atoms with Crippen molar-refractivity contribution in [1.29, 1.82) is 0 Å². The smallest absolute Gasteiger partial charge is 0.191 e. The Balaban J connectivity index is 1.63. The van der Waals surface area contributed by atoms with Crippen LogP contribution in [0, 0.1) is 5.82 Å². The van der Waals surface area contributed by atoms with Gasteiger partial charge in [-0.15, -0.1) is 0 Å². The predicted molar refractivity (Wildman–Crippen MR) is 106 cm³/mol. The molecule has 3 rings (SSSR count). The van der Waals surface area contributed by atoms with E-state index in [0.29, 0.717) is 36.3 Å². The van der Waals surface area contributed by atoms with Crippen molar-refractivity contribution < 1.29 is 9.13 Å². The lowest BCUT2D eigenvalue weighted by atomic mass is 10.2. The first-order valence-corrected chi connectivity index (χ1v) is 9.01. The number of hydrogen-bond donors (Lipinski definition) is 3. The monoisotopic (exact) mass is 382 g/mol. The Hall–Kier alpha value is -3.42. The molecule has 8 heteroatoms. The summed E-state index contributed by atoms with van der Waals surface area (Å²) in [5.41, 5.74) is 1.43. The highest BCUT2D eigenvalue weighted by atomic mass is 19.1. The first-order valence-electron chi connectivity index (χ1n) is 9.01. The second-order valence-electron chi connectivity index (χ2n) is 5.97. The molecule has 0 aliphatic rings.